The standard InChI is InChI=1S/C19H17FN2O3S/c1-12-7-8-13(9-14(12)20)19(24)25-11-18(23)22(2)10-17-21-15-5-3-4-6-16(15)26-17/h3-9H,10-11H2,1-2H3. The van der Waals surface area contributed by atoms with Crippen LogP contribution in [0.2, 0.25) is 0 Å². The first-order valence-corrected chi connectivity index (χ1v) is 8.77. The number of fused-ring (bicyclic) bond motifs is 1. The molecule has 2 aromatic carbocycles. The van der Waals surface area contributed by atoms with Crippen LogP contribution in [0.5, 0.6) is 0 Å². The Morgan fingerprint density at radius 2 is 2.00 bits per heavy atom. The molecule has 0 spiro atoms. The Bertz CT molecular complexity index is 937. The van der Waals surface area contributed by atoms with Crippen LogP contribution in [-0.2, 0) is 16.1 Å². The highest BCUT2D eigenvalue weighted by molar-refractivity contribution is 7.18. The SMILES string of the molecule is Cc1ccc(C(=O)OCC(=O)N(C)Cc2nc3ccccc3s2)cc1F. The van der Waals surface area contributed by atoms with Gasteiger partial charge >= 0.3 is 5.97 Å². The molecular formula is C19H17FN2O3S. The van der Waals surface area contributed by atoms with Gasteiger partial charge in [-0.25, -0.2) is 14.2 Å². The van der Waals surface area contributed by atoms with Gasteiger partial charge in [0.05, 0.1) is 22.3 Å². The lowest BCUT2D eigenvalue weighted by atomic mass is 10.1. The van der Waals surface area contributed by atoms with E-state index in [4.69, 9.17) is 4.74 Å². The number of halogens is 1. The van der Waals surface area contributed by atoms with Crippen LogP contribution in [0.3, 0.4) is 0 Å². The van der Waals surface area contributed by atoms with E-state index >= 15 is 0 Å². The van der Waals surface area contributed by atoms with Crippen molar-refractivity contribution in [3.8, 4) is 0 Å². The molecule has 0 bridgehead atoms. The van der Waals surface area contributed by atoms with Crippen LogP contribution in [-0.4, -0.2) is 35.4 Å². The molecule has 0 fully saturated rings. The third-order valence-corrected chi connectivity index (χ3v) is 4.89. The molecule has 0 atom stereocenters. The van der Waals surface area contributed by atoms with Gasteiger partial charge in [0, 0.05) is 7.05 Å². The van der Waals surface area contributed by atoms with Crippen LogP contribution in [0.4, 0.5) is 4.39 Å². The first-order chi connectivity index (χ1) is 12.4. The maximum Gasteiger partial charge on any atom is 0.338 e. The van der Waals surface area contributed by atoms with Gasteiger partial charge in [-0.2, -0.15) is 0 Å². The number of hydrogen-bond acceptors (Lipinski definition) is 5. The van der Waals surface area contributed by atoms with E-state index in [2.05, 4.69) is 4.98 Å². The molecule has 0 saturated carbocycles. The molecule has 0 aliphatic heterocycles. The highest BCUT2D eigenvalue weighted by Gasteiger charge is 2.16. The summed E-state index contributed by atoms with van der Waals surface area (Å²) in [4.78, 5) is 30.0. The van der Waals surface area contributed by atoms with Gasteiger partial charge in [-0.3, -0.25) is 4.79 Å². The Morgan fingerprint density at radius 3 is 2.73 bits per heavy atom. The van der Waals surface area contributed by atoms with Crippen LogP contribution in [0.15, 0.2) is 42.5 Å². The van der Waals surface area contributed by atoms with Crippen molar-refractivity contribution in [2.75, 3.05) is 13.7 Å². The number of benzene rings is 2. The van der Waals surface area contributed by atoms with Gasteiger partial charge in [0.2, 0.25) is 0 Å². The van der Waals surface area contributed by atoms with Crippen LogP contribution in [0, 0.1) is 12.7 Å². The summed E-state index contributed by atoms with van der Waals surface area (Å²) in [6.07, 6.45) is 0. The van der Waals surface area contributed by atoms with Gasteiger partial charge in [-0.1, -0.05) is 18.2 Å². The quantitative estimate of drug-likeness (QED) is 0.643. The molecule has 5 nitrogen and oxygen atoms in total. The fourth-order valence-corrected chi connectivity index (χ4v) is 3.34. The first kappa shape index (κ1) is 18.0. The zero-order valence-corrected chi connectivity index (χ0v) is 15.2. The lowest BCUT2D eigenvalue weighted by molar-refractivity contribution is -0.133. The molecule has 1 amide bonds. The third kappa shape index (κ3) is 4.05. The number of aryl methyl sites for hydroxylation is 1. The van der Waals surface area contributed by atoms with E-state index in [9.17, 15) is 14.0 Å². The van der Waals surface area contributed by atoms with Gasteiger partial charge in [0.15, 0.2) is 6.61 Å². The van der Waals surface area contributed by atoms with Gasteiger partial charge < -0.3 is 9.64 Å². The molecule has 7 heteroatoms. The number of amides is 1. The number of likely N-dealkylation sites (N-methyl/N-ethyl adjacent to an activating group) is 1. The normalized spacial score (nSPS) is 10.7. The van der Waals surface area contributed by atoms with Crippen molar-refractivity contribution < 1.29 is 18.7 Å². The molecule has 134 valence electrons. The summed E-state index contributed by atoms with van der Waals surface area (Å²) < 4.78 is 19.5. The fraction of sp³-hybridized carbons (Fsp3) is 0.211. The molecule has 26 heavy (non-hydrogen) atoms. The number of carbonyl (C=O) groups excluding carboxylic acids is 2. The zero-order chi connectivity index (χ0) is 18.7. The first-order valence-electron chi connectivity index (χ1n) is 7.96. The average molecular weight is 372 g/mol. The molecule has 3 rings (SSSR count). The maximum atomic E-state index is 13.5. The van der Waals surface area contributed by atoms with Crippen LogP contribution in [0.25, 0.3) is 10.2 Å². The third-order valence-electron chi connectivity index (χ3n) is 3.87. The smallest absolute Gasteiger partial charge is 0.338 e. The van der Waals surface area contributed by atoms with E-state index in [1.165, 1.54) is 28.4 Å². The van der Waals surface area contributed by atoms with Crippen LogP contribution >= 0.6 is 11.3 Å². The van der Waals surface area contributed by atoms with Gasteiger partial charge in [0.1, 0.15) is 10.8 Å². The summed E-state index contributed by atoms with van der Waals surface area (Å²) in [7, 11) is 1.62. The van der Waals surface area contributed by atoms with E-state index < -0.39 is 18.4 Å². The number of aromatic nitrogens is 1. The molecule has 0 radical (unpaired) electrons. The van der Waals surface area contributed by atoms with E-state index in [0.29, 0.717) is 12.1 Å². The second kappa shape index (κ2) is 7.61. The van der Waals surface area contributed by atoms with Gasteiger partial charge in [-0.15, -0.1) is 11.3 Å². The highest BCUT2D eigenvalue weighted by Crippen LogP contribution is 2.22. The Kier molecular flexibility index (Phi) is 5.27. The molecule has 1 heterocycles. The van der Waals surface area contributed by atoms with Crippen molar-refractivity contribution in [2.24, 2.45) is 0 Å². The molecule has 0 saturated heterocycles. The average Bonchev–Trinajstić information content (AvgIpc) is 3.03. The zero-order valence-electron chi connectivity index (χ0n) is 14.4. The van der Waals surface area contributed by atoms with Gasteiger partial charge in [0.25, 0.3) is 5.91 Å². The fourth-order valence-electron chi connectivity index (χ4n) is 2.32. The van der Waals surface area contributed by atoms with E-state index in [-0.39, 0.29) is 11.5 Å². The Labute approximate surface area is 154 Å². The number of carbonyl (C=O) groups is 2. The number of hydrogen-bond donors (Lipinski definition) is 0. The van der Waals surface area contributed by atoms with Crippen molar-refractivity contribution in [1.29, 1.82) is 0 Å². The van der Waals surface area contributed by atoms with Crippen LogP contribution in [0.1, 0.15) is 20.9 Å². The van der Waals surface area contributed by atoms with E-state index in [1.54, 1.807) is 14.0 Å². The summed E-state index contributed by atoms with van der Waals surface area (Å²) in [6.45, 7) is 1.52. The summed E-state index contributed by atoms with van der Waals surface area (Å²) >= 11 is 1.51. The topological polar surface area (TPSA) is 59.5 Å². The molecular weight excluding hydrogens is 355 g/mol. The van der Waals surface area contributed by atoms with E-state index in [0.717, 1.165) is 21.3 Å². The number of rotatable bonds is 5. The number of thiazole rings is 1. The number of para-hydroxylation sites is 1. The molecule has 0 unspecified atom stereocenters. The Morgan fingerprint density at radius 1 is 1.23 bits per heavy atom. The van der Waals surface area contributed by atoms with Gasteiger partial charge in [-0.05, 0) is 36.8 Å². The minimum Gasteiger partial charge on any atom is -0.452 e. The predicted molar refractivity (Wildman–Crippen MR) is 97.5 cm³/mol. The van der Waals surface area contributed by atoms with Crippen molar-refractivity contribution in [3.63, 3.8) is 0 Å². The minimum absolute atomic E-state index is 0.0785. The molecule has 0 aliphatic rings. The summed E-state index contributed by atoms with van der Waals surface area (Å²) in [5.41, 5.74) is 1.41. The van der Waals surface area contributed by atoms with Crippen LogP contribution < -0.4 is 0 Å². The Hall–Kier alpha value is -2.80. The molecule has 3 aromatic rings. The largest absolute Gasteiger partial charge is 0.452 e. The predicted octanol–water partition coefficient (Wildman–Crippen LogP) is 3.56. The second-order valence-corrected chi connectivity index (χ2v) is 6.98. The van der Waals surface area contributed by atoms with Crippen molar-refractivity contribution >= 4 is 33.4 Å². The van der Waals surface area contributed by atoms with E-state index in [1.807, 2.05) is 24.3 Å². The lowest BCUT2D eigenvalue weighted by Crippen LogP contribution is -2.30. The highest BCUT2D eigenvalue weighted by atomic mass is 32.1. The maximum absolute atomic E-state index is 13.5. The minimum atomic E-state index is -0.731. The number of nitrogens with zero attached hydrogens (tertiary/aromatic N) is 2. The number of esters is 1. The summed E-state index contributed by atoms with van der Waals surface area (Å²) in [6, 6.07) is 11.8. The summed E-state index contributed by atoms with van der Waals surface area (Å²) in [5.74, 6) is -1.57. The second-order valence-electron chi connectivity index (χ2n) is 5.87. The lowest BCUT2D eigenvalue weighted by Gasteiger charge is -2.15. The van der Waals surface area contributed by atoms with Crippen molar-refractivity contribution in [1.82, 2.24) is 9.88 Å². The van der Waals surface area contributed by atoms with Crippen molar-refractivity contribution in [2.45, 2.75) is 13.5 Å². The molecule has 0 aliphatic carbocycles. The molecule has 0 N–H and O–H groups in total. The monoisotopic (exact) mass is 372 g/mol. The van der Waals surface area contributed by atoms with Crippen molar-refractivity contribution in [3.05, 3.63) is 64.4 Å². The number of ether oxygens (including phenoxy) is 1. The summed E-state index contributed by atoms with van der Waals surface area (Å²) in [5, 5.41) is 0.800. The molecule has 1 aromatic heterocycles. The Balaban J connectivity index is 1.56.